The van der Waals surface area contributed by atoms with E-state index in [0.29, 0.717) is 5.95 Å². The minimum absolute atomic E-state index is 0.634. The highest BCUT2D eigenvalue weighted by molar-refractivity contribution is 14.1. The van der Waals surface area contributed by atoms with Crippen LogP contribution in [0.25, 0.3) is 0 Å². The Balaban J connectivity index is 1.70. The average Bonchev–Trinajstić information content (AvgIpc) is 2.96. The summed E-state index contributed by atoms with van der Waals surface area (Å²) in [4.78, 5) is 10.9. The summed E-state index contributed by atoms with van der Waals surface area (Å²) in [6.45, 7) is 2.35. The molecule has 1 aliphatic heterocycles. The summed E-state index contributed by atoms with van der Waals surface area (Å²) in [6.07, 6.45) is 6.20. The van der Waals surface area contributed by atoms with E-state index in [1.807, 2.05) is 0 Å². The highest BCUT2D eigenvalue weighted by Gasteiger charge is 2.11. The standard InChI is InChI=1S/C14H15IN4/c15-11-9-16-14(17-10-11)18-12-3-5-13(6-4-12)19-7-1-2-8-19/h3-6,9-10H,1-2,7-8H2,(H,16,17,18). The lowest BCUT2D eigenvalue weighted by Gasteiger charge is -2.17. The Morgan fingerprint density at radius 2 is 1.63 bits per heavy atom. The number of anilines is 3. The number of rotatable bonds is 3. The van der Waals surface area contributed by atoms with E-state index in [0.717, 1.165) is 9.26 Å². The van der Waals surface area contributed by atoms with Crippen LogP contribution in [0.4, 0.5) is 17.3 Å². The van der Waals surface area contributed by atoms with Gasteiger partial charge in [0.1, 0.15) is 0 Å². The zero-order valence-corrected chi connectivity index (χ0v) is 12.7. The molecule has 0 radical (unpaired) electrons. The summed E-state index contributed by atoms with van der Waals surface area (Å²) < 4.78 is 1.03. The maximum absolute atomic E-state index is 4.23. The van der Waals surface area contributed by atoms with E-state index in [4.69, 9.17) is 0 Å². The molecule has 98 valence electrons. The largest absolute Gasteiger partial charge is 0.372 e. The molecular weight excluding hydrogens is 351 g/mol. The van der Waals surface area contributed by atoms with Crippen LogP contribution in [0.1, 0.15) is 12.8 Å². The van der Waals surface area contributed by atoms with Gasteiger partial charge >= 0.3 is 0 Å². The van der Waals surface area contributed by atoms with Crippen molar-refractivity contribution in [2.24, 2.45) is 0 Å². The summed E-state index contributed by atoms with van der Waals surface area (Å²) in [5.41, 5.74) is 2.32. The molecule has 2 aromatic rings. The first-order valence-corrected chi connectivity index (χ1v) is 7.49. The lowest BCUT2D eigenvalue weighted by Crippen LogP contribution is -2.17. The predicted molar refractivity (Wildman–Crippen MR) is 85.9 cm³/mol. The molecule has 0 atom stereocenters. The van der Waals surface area contributed by atoms with Crippen LogP contribution in [0.2, 0.25) is 0 Å². The zero-order chi connectivity index (χ0) is 13.1. The molecule has 3 rings (SSSR count). The number of halogens is 1. The quantitative estimate of drug-likeness (QED) is 0.846. The highest BCUT2D eigenvalue weighted by Crippen LogP contribution is 2.23. The molecule has 5 heteroatoms. The lowest BCUT2D eigenvalue weighted by molar-refractivity contribution is 0.949. The second-order valence-corrected chi connectivity index (χ2v) is 5.84. The van der Waals surface area contributed by atoms with Gasteiger partial charge in [-0.05, 0) is 59.7 Å². The Labute approximate surface area is 126 Å². The van der Waals surface area contributed by atoms with Crippen molar-refractivity contribution >= 4 is 39.9 Å². The third kappa shape index (κ3) is 3.15. The van der Waals surface area contributed by atoms with Crippen LogP contribution in [0.5, 0.6) is 0 Å². The van der Waals surface area contributed by atoms with Crippen LogP contribution in [-0.4, -0.2) is 23.1 Å². The van der Waals surface area contributed by atoms with Gasteiger partial charge in [-0.3, -0.25) is 0 Å². The molecule has 1 aromatic carbocycles. The number of hydrogen-bond donors (Lipinski definition) is 1. The van der Waals surface area contributed by atoms with Crippen molar-refractivity contribution in [3.63, 3.8) is 0 Å². The smallest absolute Gasteiger partial charge is 0.227 e. The van der Waals surface area contributed by atoms with Crippen molar-refractivity contribution < 1.29 is 0 Å². The van der Waals surface area contributed by atoms with Crippen molar-refractivity contribution in [3.8, 4) is 0 Å². The Hall–Kier alpha value is -1.37. The predicted octanol–water partition coefficient (Wildman–Crippen LogP) is 3.43. The summed E-state index contributed by atoms with van der Waals surface area (Å²) in [5.74, 6) is 0.634. The van der Waals surface area contributed by atoms with Crippen LogP contribution in [0.3, 0.4) is 0 Å². The van der Waals surface area contributed by atoms with Gasteiger partial charge in [0.2, 0.25) is 5.95 Å². The molecule has 1 saturated heterocycles. The molecule has 19 heavy (non-hydrogen) atoms. The van der Waals surface area contributed by atoms with E-state index in [9.17, 15) is 0 Å². The molecule has 2 heterocycles. The van der Waals surface area contributed by atoms with Crippen molar-refractivity contribution in [1.82, 2.24) is 9.97 Å². The van der Waals surface area contributed by atoms with Gasteiger partial charge in [-0.25, -0.2) is 9.97 Å². The van der Waals surface area contributed by atoms with Gasteiger partial charge in [-0.2, -0.15) is 0 Å². The van der Waals surface area contributed by atoms with Crippen molar-refractivity contribution in [3.05, 3.63) is 40.2 Å². The number of nitrogens with zero attached hydrogens (tertiary/aromatic N) is 3. The molecule has 0 spiro atoms. The summed E-state index contributed by atoms with van der Waals surface area (Å²) in [5, 5.41) is 3.20. The molecule has 1 aromatic heterocycles. The Kier molecular flexibility index (Phi) is 3.82. The Morgan fingerprint density at radius 1 is 1.00 bits per heavy atom. The van der Waals surface area contributed by atoms with Crippen molar-refractivity contribution in [2.45, 2.75) is 12.8 Å². The average molecular weight is 366 g/mol. The van der Waals surface area contributed by atoms with Gasteiger partial charge in [-0.15, -0.1) is 0 Å². The highest BCUT2D eigenvalue weighted by atomic mass is 127. The minimum Gasteiger partial charge on any atom is -0.372 e. The number of aromatic nitrogens is 2. The van der Waals surface area contributed by atoms with Crippen LogP contribution in [0, 0.1) is 3.57 Å². The van der Waals surface area contributed by atoms with E-state index in [-0.39, 0.29) is 0 Å². The first kappa shape index (κ1) is 12.7. The van der Waals surface area contributed by atoms with E-state index < -0.39 is 0 Å². The Morgan fingerprint density at radius 3 is 2.26 bits per heavy atom. The fraction of sp³-hybridized carbons (Fsp3) is 0.286. The van der Waals surface area contributed by atoms with Gasteiger partial charge < -0.3 is 10.2 Å². The molecular formula is C14H15IN4. The molecule has 0 unspecified atom stereocenters. The summed E-state index contributed by atoms with van der Waals surface area (Å²) in [6, 6.07) is 8.46. The topological polar surface area (TPSA) is 41.1 Å². The first-order valence-electron chi connectivity index (χ1n) is 6.41. The van der Waals surface area contributed by atoms with Gasteiger partial charge in [-0.1, -0.05) is 0 Å². The SMILES string of the molecule is Ic1cnc(Nc2ccc(N3CCCC3)cc2)nc1. The molecule has 0 bridgehead atoms. The van der Waals surface area contributed by atoms with Crippen molar-refractivity contribution in [1.29, 1.82) is 0 Å². The maximum Gasteiger partial charge on any atom is 0.227 e. The van der Waals surface area contributed by atoms with Crippen molar-refractivity contribution in [2.75, 3.05) is 23.3 Å². The normalized spacial score (nSPS) is 14.7. The third-order valence-electron chi connectivity index (χ3n) is 3.21. The number of hydrogen-bond acceptors (Lipinski definition) is 4. The number of benzene rings is 1. The second kappa shape index (κ2) is 5.73. The van der Waals surface area contributed by atoms with E-state index in [1.54, 1.807) is 12.4 Å². The molecule has 0 amide bonds. The van der Waals surface area contributed by atoms with E-state index in [2.05, 4.69) is 67.0 Å². The van der Waals surface area contributed by atoms with Crippen LogP contribution < -0.4 is 10.2 Å². The van der Waals surface area contributed by atoms with Gasteiger partial charge in [0, 0.05) is 40.4 Å². The molecule has 0 aliphatic carbocycles. The molecule has 4 nitrogen and oxygen atoms in total. The second-order valence-electron chi connectivity index (χ2n) is 4.59. The van der Waals surface area contributed by atoms with Crippen LogP contribution in [-0.2, 0) is 0 Å². The van der Waals surface area contributed by atoms with E-state index >= 15 is 0 Å². The monoisotopic (exact) mass is 366 g/mol. The molecule has 1 fully saturated rings. The maximum atomic E-state index is 4.23. The van der Waals surface area contributed by atoms with Gasteiger partial charge in [0.25, 0.3) is 0 Å². The molecule has 0 saturated carbocycles. The first-order chi connectivity index (χ1) is 9.31. The van der Waals surface area contributed by atoms with E-state index in [1.165, 1.54) is 31.6 Å². The number of nitrogens with one attached hydrogen (secondary N) is 1. The fourth-order valence-electron chi connectivity index (χ4n) is 2.24. The molecule has 1 N–H and O–H groups in total. The fourth-order valence-corrected chi connectivity index (χ4v) is 2.52. The van der Waals surface area contributed by atoms with Crippen LogP contribution in [0.15, 0.2) is 36.7 Å². The molecule has 1 aliphatic rings. The lowest BCUT2D eigenvalue weighted by atomic mass is 10.2. The Bertz CT molecular complexity index is 532. The zero-order valence-electron chi connectivity index (χ0n) is 10.5. The summed E-state index contributed by atoms with van der Waals surface area (Å²) in [7, 11) is 0. The minimum atomic E-state index is 0.634. The van der Waals surface area contributed by atoms with Gasteiger partial charge in [0.05, 0.1) is 0 Å². The van der Waals surface area contributed by atoms with Gasteiger partial charge in [0.15, 0.2) is 0 Å². The van der Waals surface area contributed by atoms with Crippen LogP contribution >= 0.6 is 22.6 Å². The third-order valence-corrected chi connectivity index (χ3v) is 3.77. The summed E-state index contributed by atoms with van der Waals surface area (Å²) >= 11 is 2.20.